The average molecular weight is 619 g/mol. The SMILES string of the molecule is CCCCC/C=C\C/C=C\C/C=C\CC1OC1CCCC(=O)OC[C@@H](O)COC(=O)CCCCCCCCCCCC(C)C. The summed E-state index contributed by atoms with van der Waals surface area (Å²) < 4.78 is 16.0. The summed E-state index contributed by atoms with van der Waals surface area (Å²) in [5.41, 5.74) is 0. The molecule has 0 aliphatic carbocycles. The zero-order valence-corrected chi connectivity index (χ0v) is 28.5. The van der Waals surface area contributed by atoms with Crippen molar-refractivity contribution in [1.82, 2.24) is 0 Å². The van der Waals surface area contributed by atoms with Crippen molar-refractivity contribution in [3.05, 3.63) is 36.5 Å². The third-order valence-corrected chi connectivity index (χ3v) is 7.98. The molecule has 44 heavy (non-hydrogen) atoms. The van der Waals surface area contributed by atoms with Crippen molar-refractivity contribution in [2.45, 2.75) is 174 Å². The van der Waals surface area contributed by atoms with Gasteiger partial charge in [0, 0.05) is 12.8 Å². The van der Waals surface area contributed by atoms with Gasteiger partial charge in [-0.15, -0.1) is 0 Å². The smallest absolute Gasteiger partial charge is 0.305 e. The number of allylic oxidation sites excluding steroid dienone is 5. The lowest BCUT2D eigenvalue weighted by molar-refractivity contribution is -0.152. The molecule has 2 unspecified atom stereocenters. The minimum absolute atomic E-state index is 0.139. The van der Waals surface area contributed by atoms with Crippen molar-refractivity contribution >= 4 is 11.9 Å². The fourth-order valence-corrected chi connectivity index (χ4v) is 5.12. The Kier molecular flexibility index (Phi) is 26.0. The molecule has 1 heterocycles. The van der Waals surface area contributed by atoms with Crippen molar-refractivity contribution in [2.75, 3.05) is 13.2 Å². The zero-order chi connectivity index (χ0) is 32.1. The quantitative estimate of drug-likeness (QED) is 0.0373. The van der Waals surface area contributed by atoms with Crippen molar-refractivity contribution in [3.63, 3.8) is 0 Å². The highest BCUT2D eigenvalue weighted by atomic mass is 16.6. The van der Waals surface area contributed by atoms with Gasteiger partial charge in [-0.25, -0.2) is 0 Å². The summed E-state index contributed by atoms with van der Waals surface area (Å²) in [6, 6.07) is 0. The van der Waals surface area contributed by atoms with Crippen LogP contribution in [0.2, 0.25) is 0 Å². The Hall–Kier alpha value is -1.92. The third kappa shape index (κ3) is 26.5. The molecule has 0 amide bonds. The van der Waals surface area contributed by atoms with Gasteiger partial charge >= 0.3 is 11.9 Å². The van der Waals surface area contributed by atoms with Gasteiger partial charge in [0.1, 0.15) is 19.3 Å². The van der Waals surface area contributed by atoms with E-state index in [0.29, 0.717) is 19.3 Å². The molecule has 0 radical (unpaired) electrons. The second kappa shape index (κ2) is 28.5. The highest BCUT2D eigenvalue weighted by molar-refractivity contribution is 5.69. The normalized spacial score (nSPS) is 17.3. The van der Waals surface area contributed by atoms with E-state index >= 15 is 0 Å². The molecule has 0 aromatic rings. The number of carbonyl (C=O) groups is 2. The summed E-state index contributed by atoms with van der Waals surface area (Å²) in [5, 5.41) is 10.0. The van der Waals surface area contributed by atoms with Gasteiger partial charge in [-0.1, -0.05) is 128 Å². The van der Waals surface area contributed by atoms with Gasteiger partial charge in [-0.05, 0) is 57.3 Å². The Labute approximate surface area is 270 Å². The summed E-state index contributed by atoms with van der Waals surface area (Å²) in [7, 11) is 0. The van der Waals surface area contributed by atoms with Crippen LogP contribution in [0.1, 0.15) is 156 Å². The topological polar surface area (TPSA) is 85.4 Å². The van der Waals surface area contributed by atoms with Crippen LogP contribution in [0.15, 0.2) is 36.5 Å². The number of epoxide rings is 1. The Balaban J connectivity index is 1.90. The van der Waals surface area contributed by atoms with Crippen LogP contribution in [-0.4, -0.2) is 48.6 Å². The Morgan fingerprint density at radius 3 is 1.84 bits per heavy atom. The molecule has 0 saturated carbocycles. The van der Waals surface area contributed by atoms with E-state index in [9.17, 15) is 14.7 Å². The average Bonchev–Trinajstić information content (AvgIpc) is 3.75. The highest BCUT2D eigenvalue weighted by Crippen LogP contribution is 2.30. The van der Waals surface area contributed by atoms with Crippen LogP contribution in [0.25, 0.3) is 0 Å². The minimum atomic E-state index is -0.992. The number of aliphatic hydroxyl groups is 1. The lowest BCUT2D eigenvalue weighted by Gasteiger charge is -2.12. The lowest BCUT2D eigenvalue weighted by atomic mass is 10.0. The minimum Gasteiger partial charge on any atom is -0.463 e. The predicted octanol–water partition coefficient (Wildman–Crippen LogP) is 9.74. The molecule has 0 spiro atoms. The fraction of sp³-hybridized carbons (Fsp3) is 0.789. The highest BCUT2D eigenvalue weighted by Gasteiger charge is 2.36. The Morgan fingerprint density at radius 2 is 1.23 bits per heavy atom. The molecule has 1 aliphatic rings. The molecular weight excluding hydrogens is 552 g/mol. The van der Waals surface area contributed by atoms with Gasteiger partial charge in [0.25, 0.3) is 0 Å². The molecule has 1 fully saturated rings. The lowest BCUT2D eigenvalue weighted by Crippen LogP contribution is -2.25. The monoisotopic (exact) mass is 618 g/mol. The zero-order valence-electron chi connectivity index (χ0n) is 28.5. The largest absolute Gasteiger partial charge is 0.463 e. The van der Waals surface area contributed by atoms with Crippen molar-refractivity contribution in [3.8, 4) is 0 Å². The number of unbranched alkanes of at least 4 members (excludes halogenated alkanes) is 11. The number of carbonyl (C=O) groups excluding carboxylic acids is 2. The first-order valence-electron chi connectivity index (χ1n) is 18.0. The Bertz CT molecular complexity index is 786. The molecular formula is C38H66O6. The molecule has 254 valence electrons. The molecule has 0 aromatic carbocycles. The first-order valence-corrected chi connectivity index (χ1v) is 18.0. The first kappa shape index (κ1) is 40.1. The van der Waals surface area contributed by atoms with Crippen LogP contribution in [0, 0.1) is 5.92 Å². The maximum Gasteiger partial charge on any atom is 0.305 e. The first-order chi connectivity index (χ1) is 21.4. The fourth-order valence-electron chi connectivity index (χ4n) is 5.12. The molecule has 3 atom stereocenters. The van der Waals surface area contributed by atoms with E-state index in [2.05, 4.69) is 57.2 Å². The van der Waals surface area contributed by atoms with Crippen LogP contribution in [0.5, 0.6) is 0 Å². The van der Waals surface area contributed by atoms with E-state index in [4.69, 9.17) is 14.2 Å². The molecule has 0 bridgehead atoms. The Morgan fingerprint density at radius 1 is 0.682 bits per heavy atom. The molecule has 0 aromatic heterocycles. The summed E-state index contributed by atoms with van der Waals surface area (Å²) >= 11 is 0. The van der Waals surface area contributed by atoms with Crippen molar-refractivity contribution < 1.29 is 28.9 Å². The van der Waals surface area contributed by atoms with Crippen LogP contribution in [-0.2, 0) is 23.8 Å². The summed E-state index contributed by atoms with van der Waals surface area (Å²) in [4.78, 5) is 23.9. The standard InChI is InChI=1S/C38H66O6/c1-4-5-6-7-8-9-10-11-14-17-20-23-27-35-36(44-35)28-25-30-38(41)43-32-34(39)31-42-37(40)29-24-21-18-15-12-13-16-19-22-26-33(2)3/h8-9,11,14,20,23,33-36,39H,4-7,10,12-13,15-19,21-22,24-32H2,1-3H3/b9-8-,14-11-,23-20-/t34-,35?,36?/m0/s1. The van der Waals surface area contributed by atoms with Gasteiger partial charge in [-0.3, -0.25) is 9.59 Å². The van der Waals surface area contributed by atoms with Crippen LogP contribution < -0.4 is 0 Å². The van der Waals surface area contributed by atoms with E-state index in [1.807, 2.05) is 0 Å². The summed E-state index contributed by atoms with van der Waals surface area (Å²) in [6.07, 6.45) is 35.1. The van der Waals surface area contributed by atoms with Crippen molar-refractivity contribution in [1.29, 1.82) is 0 Å². The van der Waals surface area contributed by atoms with Gasteiger partial charge in [0.05, 0.1) is 12.2 Å². The van der Waals surface area contributed by atoms with Crippen LogP contribution in [0.4, 0.5) is 0 Å². The van der Waals surface area contributed by atoms with Crippen molar-refractivity contribution in [2.24, 2.45) is 5.92 Å². The number of hydrogen-bond acceptors (Lipinski definition) is 6. The number of esters is 2. The number of ether oxygens (including phenoxy) is 3. The van der Waals surface area contributed by atoms with Gasteiger partial charge in [0.2, 0.25) is 0 Å². The van der Waals surface area contributed by atoms with Crippen LogP contribution in [0.3, 0.4) is 0 Å². The summed E-state index contributed by atoms with van der Waals surface area (Å²) in [5.74, 6) is 0.172. The third-order valence-electron chi connectivity index (χ3n) is 7.98. The molecule has 1 rings (SSSR count). The molecule has 6 nitrogen and oxygen atoms in total. The van der Waals surface area contributed by atoms with E-state index < -0.39 is 6.10 Å². The molecule has 1 saturated heterocycles. The maximum atomic E-state index is 12.0. The molecule has 1 aliphatic heterocycles. The van der Waals surface area contributed by atoms with E-state index in [1.54, 1.807) is 0 Å². The predicted molar refractivity (Wildman–Crippen MR) is 181 cm³/mol. The van der Waals surface area contributed by atoms with Gasteiger partial charge in [-0.2, -0.15) is 0 Å². The van der Waals surface area contributed by atoms with E-state index in [1.165, 1.54) is 70.6 Å². The van der Waals surface area contributed by atoms with Gasteiger partial charge < -0.3 is 19.3 Å². The maximum absolute atomic E-state index is 12.0. The van der Waals surface area contributed by atoms with Gasteiger partial charge in [0.15, 0.2) is 0 Å². The number of hydrogen-bond donors (Lipinski definition) is 1. The second-order valence-corrected chi connectivity index (χ2v) is 12.9. The summed E-state index contributed by atoms with van der Waals surface area (Å²) in [6.45, 7) is 6.51. The number of aliphatic hydroxyl groups excluding tert-OH is 1. The van der Waals surface area contributed by atoms with E-state index in [-0.39, 0.29) is 37.4 Å². The van der Waals surface area contributed by atoms with E-state index in [0.717, 1.165) is 50.9 Å². The molecule has 1 N–H and O–H groups in total. The number of rotatable bonds is 30. The second-order valence-electron chi connectivity index (χ2n) is 12.9. The molecule has 6 heteroatoms. The van der Waals surface area contributed by atoms with Crippen LogP contribution >= 0.6 is 0 Å².